The Morgan fingerprint density at radius 3 is 2.40 bits per heavy atom. The third-order valence-electron chi connectivity index (χ3n) is 1.63. The lowest BCUT2D eigenvalue weighted by Crippen LogP contribution is -2.16. The van der Waals surface area contributed by atoms with Crippen LogP contribution < -0.4 is 5.32 Å². The van der Waals surface area contributed by atoms with Gasteiger partial charge in [0.25, 0.3) is 0 Å². The first-order valence-electron chi connectivity index (χ1n) is 4.25. The van der Waals surface area contributed by atoms with Crippen molar-refractivity contribution in [1.82, 2.24) is 0 Å². The average Bonchev–Trinajstić information content (AvgIpc) is 2.21. The Kier molecular flexibility index (Phi) is 4.78. The first kappa shape index (κ1) is 12.2. The number of Topliss-reactive ketones (excluding diaryl/α,β-unsaturated/α-hetero) is 1. The van der Waals surface area contributed by atoms with Crippen molar-refractivity contribution in [1.29, 1.82) is 0 Å². The number of carbonyl (C=O) groups excluding carboxylic acids is 2. The van der Waals surface area contributed by atoms with Gasteiger partial charge in [0.05, 0.1) is 11.8 Å². The fourth-order valence-corrected chi connectivity index (χ4v) is 1.29. The normalized spacial score (nSPS) is 9.73. The summed E-state index contributed by atoms with van der Waals surface area (Å²) in [5, 5.41) is 3.39. The van der Waals surface area contributed by atoms with E-state index in [1.54, 1.807) is 24.3 Å². The highest BCUT2D eigenvalue weighted by Crippen LogP contribution is 2.13. The fourth-order valence-electron chi connectivity index (χ4n) is 0.965. The van der Waals surface area contributed by atoms with E-state index in [1.165, 1.54) is 0 Å². The predicted octanol–water partition coefficient (Wildman–Crippen LogP) is 2.63. The molecule has 15 heavy (non-hydrogen) atoms. The maximum atomic E-state index is 11.3. The second kappa shape index (κ2) is 5.88. The van der Waals surface area contributed by atoms with Crippen molar-refractivity contribution >= 4 is 44.9 Å². The minimum atomic E-state index is -0.318. The van der Waals surface area contributed by atoms with E-state index in [1.807, 2.05) is 0 Å². The standard InChI is InChI=1S/C10H9BrClNO2/c11-6-9(14)5-10(15)13-8-3-1-7(12)2-4-8/h1-4H,5-6H2,(H,13,15). The van der Waals surface area contributed by atoms with E-state index in [2.05, 4.69) is 21.2 Å². The summed E-state index contributed by atoms with van der Waals surface area (Å²) in [6.07, 6.45) is -0.117. The quantitative estimate of drug-likeness (QED) is 0.684. The van der Waals surface area contributed by atoms with Gasteiger partial charge in [-0.3, -0.25) is 9.59 Å². The molecule has 1 amide bonds. The summed E-state index contributed by atoms with van der Waals surface area (Å²) in [5.74, 6) is -0.469. The van der Waals surface area contributed by atoms with Gasteiger partial charge in [-0.05, 0) is 24.3 Å². The highest BCUT2D eigenvalue weighted by Gasteiger charge is 2.07. The molecule has 5 heteroatoms. The van der Waals surface area contributed by atoms with Gasteiger partial charge in [0.15, 0.2) is 5.78 Å². The molecule has 0 spiro atoms. The molecule has 3 nitrogen and oxygen atoms in total. The second-order valence-electron chi connectivity index (χ2n) is 2.90. The van der Waals surface area contributed by atoms with E-state index < -0.39 is 0 Å². The summed E-state index contributed by atoms with van der Waals surface area (Å²) in [6, 6.07) is 6.70. The Morgan fingerprint density at radius 2 is 1.87 bits per heavy atom. The number of hydrogen-bond donors (Lipinski definition) is 1. The van der Waals surface area contributed by atoms with E-state index in [-0.39, 0.29) is 23.4 Å². The zero-order valence-corrected chi connectivity index (χ0v) is 10.1. The van der Waals surface area contributed by atoms with Crippen molar-refractivity contribution in [3.63, 3.8) is 0 Å². The number of halogens is 2. The van der Waals surface area contributed by atoms with E-state index in [0.717, 1.165) is 0 Å². The number of amides is 1. The summed E-state index contributed by atoms with van der Waals surface area (Å²) in [6.45, 7) is 0. The Balaban J connectivity index is 2.51. The molecule has 0 aliphatic heterocycles. The number of nitrogens with one attached hydrogen (secondary N) is 1. The van der Waals surface area contributed by atoms with Crippen molar-refractivity contribution < 1.29 is 9.59 Å². The molecule has 0 aliphatic carbocycles. The summed E-state index contributed by atoms with van der Waals surface area (Å²) < 4.78 is 0. The van der Waals surface area contributed by atoms with E-state index in [0.29, 0.717) is 10.7 Å². The van der Waals surface area contributed by atoms with Crippen LogP contribution in [-0.4, -0.2) is 17.0 Å². The highest BCUT2D eigenvalue weighted by molar-refractivity contribution is 9.09. The van der Waals surface area contributed by atoms with Crippen LogP contribution in [0.5, 0.6) is 0 Å². The van der Waals surface area contributed by atoms with Crippen LogP contribution in [0, 0.1) is 0 Å². The SMILES string of the molecule is O=C(CBr)CC(=O)Nc1ccc(Cl)cc1. The molecule has 0 heterocycles. The van der Waals surface area contributed by atoms with Crippen LogP contribution in [0.15, 0.2) is 24.3 Å². The van der Waals surface area contributed by atoms with Crippen LogP contribution in [0.4, 0.5) is 5.69 Å². The number of alkyl halides is 1. The van der Waals surface area contributed by atoms with Crippen LogP contribution in [0.1, 0.15) is 6.42 Å². The van der Waals surface area contributed by atoms with Gasteiger partial charge in [-0.15, -0.1) is 0 Å². The van der Waals surface area contributed by atoms with Crippen molar-refractivity contribution in [3.05, 3.63) is 29.3 Å². The molecule has 0 unspecified atom stereocenters. The third kappa shape index (κ3) is 4.44. The largest absolute Gasteiger partial charge is 0.326 e. The molecular weight excluding hydrogens is 281 g/mol. The van der Waals surface area contributed by atoms with Crippen molar-refractivity contribution in [3.8, 4) is 0 Å². The monoisotopic (exact) mass is 289 g/mol. The number of rotatable bonds is 4. The lowest BCUT2D eigenvalue weighted by atomic mass is 10.2. The van der Waals surface area contributed by atoms with Crippen LogP contribution >= 0.6 is 27.5 Å². The van der Waals surface area contributed by atoms with Gasteiger partial charge in [0, 0.05) is 10.7 Å². The van der Waals surface area contributed by atoms with Gasteiger partial charge in [0.2, 0.25) is 5.91 Å². The molecule has 0 aromatic heterocycles. The van der Waals surface area contributed by atoms with Gasteiger partial charge in [-0.2, -0.15) is 0 Å². The lowest BCUT2D eigenvalue weighted by molar-refractivity contribution is -0.123. The van der Waals surface area contributed by atoms with Gasteiger partial charge in [0.1, 0.15) is 0 Å². The van der Waals surface area contributed by atoms with Crippen LogP contribution in [0.3, 0.4) is 0 Å². The number of benzene rings is 1. The summed E-state index contributed by atoms with van der Waals surface area (Å²) >= 11 is 8.67. The number of hydrogen-bond acceptors (Lipinski definition) is 2. The summed E-state index contributed by atoms with van der Waals surface area (Å²) in [5.41, 5.74) is 0.631. The maximum Gasteiger partial charge on any atom is 0.231 e. The van der Waals surface area contributed by atoms with Gasteiger partial charge < -0.3 is 5.32 Å². The van der Waals surface area contributed by atoms with Crippen molar-refractivity contribution in [2.45, 2.75) is 6.42 Å². The summed E-state index contributed by atoms with van der Waals surface area (Å²) in [4.78, 5) is 22.2. The number of ketones is 1. The molecule has 1 N–H and O–H groups in total. The van der Waals surface area contributed by atoms with Gasteiger partial charge in [-0.1, -0.05) is 27.5 Å². The first-order valence-corrected chi connectivity index (χ1v) is 5.75. The topological polar surface area (TPSA) is 46.2 Å². The molecule has 0 saturated carbocycles. The molecule has 80 valence electrons. The zero-order chi connectivity index (χ0) is 11.3. The predicted molar refractivity (Wildman–Crippen MR) is 63.5 cm³/mol. The Bertz CT molecular complexity index is 364. The van der Waals surface area contributed by atoms with E-state index in [9.17, 15) is 9.59 Å². The molecule has 1 aromatic carbocycles. The first-order chi connectivity index (χ1) is 7.11. The summed E-state index contributed by atoms with van der Waals surface area (Å²) in [7, 11) is 0. The average molecular weight is 291 g/mol. The van der Waals surface area contributed by atoms with E-state index in [4.69, 9.17) is 11.6 Å². The van der Waals surface area contributed by atoms with Gasteiger partial charge in [-0.25, -0.2) is 0 Å². The molecule has 0 fully saturated rings. The highest BCUT2D eigenvalue weighted by atomic mass is 79.9. The van der Waals surface area contributed by atoms with Crippen molar-refractivity contribution in [2.24, 2.45) is 0 Å². The molecule has 0 aliphatic rings. The Labute approximate surface area is 101 Å². The molecular formula is C10H9BrClNO2. The lowest BCUT2D eigenvalue weighted by Gasteiger charge is -2.03. The smallest absolute Gasteiger partial charge is 0.231 e. The minimum Gasteiger partial charge on any atom is -0.326 e. The molecule has 1 aromatic rings. The Morgan fingerprint density at radius 1 is 1.27 bits per heavy atom. The van der Waals surface area contributed by atoms with Gasteiger partial charge >= 0.3 is 0 Å². The third-order valence-corrected chi connectivity index (χ3v) is 2.51. The molecule has 0 bridgehead atoms. The molecule has 0 saturated heterocycles. The molecule has 0 radical (unpaired) electrons. The Hall–Kier alpha value is -0.870. The van der Waals surface area contributed by atoms with Crippen molar-refractivity contribution in [2.75, 3.05) is 10.6 Å². The van der Waals surface area contributed by atoms with Crippen LogP contribution in [0.25, 0.3) is 0 Å². The number of carbonyl (C=O) groups is 2. The van der Waals surface area contributed by atoms with Crippen LogP contribution in [0.2, 0.25) is 5.02 Å². The minimum absolute atomic E-state index is 0.117. The maximum absolute atomic E-state index is 11.3. The zero-order valence-electron chi connectivity index (χ0n) is 7.80. The number of anilines is 1. The molecule has 0 atom stereocenters. The van der Waals surface area contributed by atoms with Crippen LogP contribution in [-0.2, 0) is 9.59 Å². The molecule has 1 rings (SSSR count). The van der Waals surface area contributed by atoms with E-state index >= 15 is 0 Å². The fraction of sp³-hybridized carbons (Fsp3) is 0.200. The second-order valence-corrected chi connectivity index (χ2v) is 3.90.